The average Bonchev–Trinajstić information content (AvgIpc) is 2.35. The lowest BCUT2D eigenvalue weighted by atomic mass is 10.0. The van der Waals surface area contributed by atoms with Crippen LogP contribution in [0.15, 0.2) is 18.2 Å². The molecule has 5 heteroatoms. The molecule has 0 aliphatic rings. The summed E-state index contributed by atoms with van der Waals surface area (Å²) in [5, 5.41) is 14.2. The largest absolute Gasteiger partial charge is 0.377 e. The van der Waals surface area contributed by atoms with Gasteiger partial charge in [-0.25, -0.2) is 0 Å². The quantitative estimate of drug-likeness (QED) is 0.478. The SMILES string of the molecule is CCC(Nc1ccc(C=O)cc1[N+](=O)[O-])C(C)C. The summed E-state index contributed by atoms with van der Waals surface area (Å²) in [7, 11) is 0. The Morgan fingerprint density at radius 2 is 2.11 bits per heavy atom. The number of nitrogens with zero attached hydrogens (tertiary/aromatic N) is 1. The average molecular weight is 250 g/mol. The highest BCUT2D eigenvalue weighted by molar-refractivity contribution is 5.79. The highest BCUT2D eigenvalue weighted by Gasteiger charge is 2.18. The zero-order valence-corrected chi connectivity index (χ0v) is 10.8. The summed E-state index contributed by atoms with van der Waals surface area (Å²) >= 11 is 0. The fourth-order valence-electron chi connectivity index (χ4n) is 1.83. The number of carbonyl (C=O) groups excluding carboxylic acids is 1. The predicted octanol–water partition coefficient (Wildman–Crippen LogP) is 3.25. The van der Waals surface area contributed by atoms with Gasteiger partial charge in [0.1, 0.15) is 12.0 Å². The first-order chi connectivity index (χ1) is 8.49. The second-order valence-electron chi connectivity index (χ2n) is 4.55. The Morgan fingerprint density at radius 3 is 2.56 bits per heavy atom. The van der Waals surface area contributed by atoms with Gasteiger partial charge < -0.3 is 5.32 Å². The van der Waals surface area contributed by atoms with E-state index in [1.54, 1.807) is 12.1 Å². The third-order valence-electron chi connectivity index (χ3n) is 2.94. The summed E-state index contributed by atoms with van der Waals surface area (Å²) in [5.41, 5.74) is 0.717. The molecule has 1 rings (SSSR count). The van der Waals surface area contributed by atoms with Gasteiger partial charge in [-0.2, -0.15) is 0 Å². The van der Waals surface area contributed by atoms with Crippen molar-refractivity contribution in [3.8, 4) is 0 Å². The topological polar surface area (TPSA) is 72.2 Å². The van der Waals surface area contributed by atoms with Crippen molar-refractivity contribution in [2.24, 2.45) is 5.92 Å². The van der Waals surface area contributed by atoms with Crippen LogP contribution >= 0.6 is 0 Å². The molecule has 1 unspecified atom stereocenters. The molecule has 0 heterocycles. The maximum absolute atomic E-state index is 11.0. The maximum Gasteiger partial charge on any atom is 0.293 e. The Kier molecular flexibility index (Phi) is 4.83. The van der Waals surface area contributed by atoms with Crippen molar-refractivity contribution in [1.82, 2.24) is 0 Å². The fraction of sp³-hybridized carbons (Fsp3) is 0.462. The number of anilines is 1. The van der Waals surface area contributed by atoms with E-state index < -0.39 is 4.92 Å². The van der Waals surface area contributed by atoms with Crippen LogP contribution in [-0.2, 0) is 0 Å². The van der Waals surface area contributed by atoms with Crippen LogP contribution < -0.4 is 5.32 Å². The summed E-state index contributed by atoms with van der Waals surface area (Å²) in [4.78, 5) is 21.1. The molecule has 0 fully saturated rings. The number of rotatable bonds is 6. The van der Waals surface area contributed by atoms with Crippen LogP contribution in [0.3, 0.4) is 0 Å². The molecule has 0 radical (unpaired) electrons. The number of hydrogen-bond donors (Lipinski definition) is 1. The Labute approximate surface area is 106 Å². The molecule has 0 aliphatic carbocycles. The van der Waals surface area contributed by atoms with Crippen LogP contribution in [-0.4, -0.2) is 17.3 Å². The van der Waals surface area contributed by atoms with Crippen molar-refractivity contribution < 1.29 is 9.72 Å². The molecule has 98 valence electrons. The molecule has 0 aromatic heterocycles. The van der Waals surface area contributed by atoms with Gasteiger partial charge in [-0.3, -0.25) is 14.9 Å². The summed E-state index contributed by atoms with van der Waals surface area (Å²) < 4.78 is 0. The van der Waals surface area contributed by atoms with Crippen molar-refractivity contribution in [3.05, 3.63) is 33.9 Å². The van der Waals surface area contributed by atoms with E-state index >= 15 is 0 Å². The zero-order chi connectivity index (χ0) is 13.7. The second-order valence-corrected chi connectivity index (χ2v) is 4.55. The Balaban J connectivity index is 3.07. The highest BCUT2D eigenvalue weighted by Crippen LogP contribution is 2.27. The highest BCUT2D eigenvalue weighted by atomic mass is 16.6. The molecule has 0 bridgehead atoms. The molecular weight excluding hydrogens is 232 g/mol. The van der Waals surface area contributed by atoms with E-state index in [0.717, 1.165) is 6.42 Å². The number of nitro groups is 1. The predicted molar refractivity (Wildman–Crippen MR) is 71.0 cm³/mol. The Hall–Kier alpha value is -1.91. The number of nitro benzene ring substituents is 1. The van der Waals surface area contributed by atoms with Gasteiger partial charge >= 0.3 is 0 Å². The van der Waals surface area contributed by atoms with E-state index in [0.29, 0.717) is 23.5 Å². The smallest absolute Gasteiger partial charge is 0.293 e. The number of carbonyl (C=O) groups is 1. The first-order valence-corrected chi connectivity index (χ1v) is 5.99. The standard InChI is InChI=1S/C13H18N2O3/c1-4-11(9(2)3)14-12-6-5-10(8-16)7-13(12)15(17)18/h5-9,11,14H,4H2,1-3H3. The number of benzene rings is 1. The molecular formula is C13H18N2O3. The molecule has 1 aromatic carbocycles. The minimum Gasteiger partial charge on any atom is -0.377 e. The summed E-state index contributed by atoms with van der Waals surface area (Å²) in [6, 6.07) is 4.63. The van der Waals surface area contributed by atoms with E-state index in [2.05, 4.69) is 19.2 Å². The van der Waals surface area contributed by atoms with Gasteiger partial charge in [0, 0.05) is 17.7 Å². The van der Waals surface area contributed by atoms with Gasteiger partial charge in [-0.15, -0.1) is 0 Å². The molecule has 18 heavy (non-hydrogen) atoms. The number of hydrogen-bond acceptors (Lipinski definition) is 4. The van der Waals surface area contributed by atoms with E-state index in [9.17, 15) is 14.9 Å². The monoisotopic (exact) mass is 250 g/mol. The van der Waals surface area contributed by atoms with Crippen LogP contribution in [0.5, 0.6) is 0 Å². The number of aldehydes is 1. The van der Waals surface area contributed by atoms with Gasteiger partial charge in [-0.1, -0.05) is 20.8 Å². The minimum atomic E-state index is -0.470. The number of nitrogens with one attached hydrogen (secondary N) is 1. The third-order valence-corrected chi connectivity index (χ3v) is 2.94. The van der Waals surface area contributed by atoms with E-state index in [1.165, 1.54) is 6.07 Å². The van der Waals surface area contributed by atoms with Crippen LogP contribution in [0.1, 0.15) is 37.6 Å². The van der Waals surface area contributed by atoms with Gasteiger partial charge in [-0.05, 0) is 24.5 Å². The van der Waals surface area contributed by atoms with Crippen molar-refractivity contribution in [3.63, 3.8) is 0 Å². The molecule has 0 amide bonds. The van der Waals surface area contributed by atoms with Crippen molar-refractivity contribution in [2.45, 2.75) is 33.2 Å². The zero-order valence-electron chi connectivity index (χ0n) is 10.8. The molecule has 1 N–H and O–H groups in total. The first-order valence-electron chi connectivity index (χ1n) is 5.99. The molecule has 0 aliphatic heterocycles. The molecule has 1 atom stereocenters. The third kappa shape index (κ3) is 3.29. The molecule has 5 nitrogen and oxygen atoms in total. The van der Waals surface area contributed by atoms with Gasteiger partial charge in [0.15, 0.2) is 0 Å². The maximum atomic E-state index is 11.0. The van der Waals surface area contributed by atoms with E-state index in [4.69, 9.17) is 0 Å². The summed E-state index contributed by atoms with van der Waals surface area (Å²) in [6.07, 6.45) is 1.49. The van der Waals surface area contributed by atoms with Crippen molar-refractivity contribution in [2.75, 3.05) is 5.32 Å². The lowest BCUT2D eigenvalue weighted by Gasteiger charge is -2.21. The normalized spacial score (nSPS) is 12.2. The van der Waals surface area contributed by atoms with Crippen LogP contribution in [0, 0.1) is 16.0 Å². The van der Waals surface area contributed by atoms with Crippen LogP contribution in [0.25, 0.3) is 0 Å². The van der Waals surface area contributed by atoms with E-state index in [-0.39, 0.29) is 11.7 Å². The summed E-state index contributed by atoms with van der Waals surface area (Å²) in [5.74, 6) is 0.375. The van der Waals surface area contributed by atoms with Crippen molar-refractivity contribution >= 4 is 17.7 Å². The van der Waals surface area contributed by atoms with Gasteiger partial charge in [0.05, 0.1) is 4.92 Å². The van der Waals surface area contributed by atoms with Crippen LogP contribution in [0.4, 0.5) is 11.4 Å². The fourth-order valence-corrected chi connectivity index (χ4v) is 1.83. The van der Waals surface area contributed by atoms with Gasteiger partial charge in [0.2, 0.25) is 0 Å². The second kappa shape index (κ2) is 6.14. The lowest BCUT2D eigenvalue weighted by molar-refractivity contribution is -0.384. The van der Waals surface area contributed by atoms with Gasteiger partial charge in [0.25, 0.3) is 5.69 Å². The summed E-state index contributed by atoms with van der Waals surface area (Å²) in [6.45, 7) is 6.16. The Bertz CT molecular complexity index is 444. The molecule has 1 aromatic rings. The lowest BCUT2D eigenvalue weighted by Crippen LogP contribution is -2.25. The molecule has 0 spiro atoms. The molecule has 0 saturated heterocycles. The van der Waals surface area contributed by atoms with Crippen LogP contribution in [0.2, 0.25) is 0 Å². The molecule has 0 saturated carbocycles. The van der Waals surface area contributed by atoms with E-state index in [1.807, 2.05) is 6.92 Å². The van der Waals surface area contributed by atoms with Crippen molar-refractivity contribution in [1.29, 1.82) is 0 Å². The Morgan fingerprint density at radius 1 is 1.44 bits per heavy atom. The first kappa shape index (κ1) is 14.2. The minimum absolute atomic E-state index is 0.0568.